The smallest absolute Gasteiger partial charge is 0.308 e. The molecule has 0 fully saturated rings. The zero-order valence-corrected chi connectivity index (χ0v) is 11.6. The van der Waals surface area contributed by atoms with Crippen molar-refractivity contribution in [1.29, 1.82) is 0 Å². The highest BCUT2D eigenvalue weighted by atomic mass is 16.4. The van der Waals surface area contributed by atoms with Crippen molar-refractivity contribution in [2.75, 3.05) is 13.1 Å². The van der Waals surface area contributed by atoms with Crippen LogP contribution in [0.1, 0.15) is 41.0 Å². The maximum absolute atomic E-state index is 11.9. The van der Waals surface area contributed by atoms with Crippen molar-refractivity contribution in [3.8, 4) is 0 Å². The third-order valence-electron chi connectivity index (χ3n) is 2.70. The van der Waals surface area contributed by atoms with Gasteiger partial charge in [0, 0.05) is 19.0 Å². The highest BCUT2D eigenvalue weighted by Crippen LogP contribution is 2.10. The Balaban J connectivity index is 4.50. The Kier molecular flexibility index (Phi) is 6.85. The third-order valence-corrected chi connectivity index (χ3v) is 2.70. The molecule has 0 saturated carbocycles. The number of hydrogen-bond acceptors (Lipinski definition) is 2. The number of carbonyl (C=O) groups excluding carboxylic acids is 1. The number of rotatable bonds is 7. The highest BCUT2D eigenvalue weighted by Gasteiger charge is 2.22. The van der Waals surface area contributed by atoms with Crippen LogP contribution < -0.4 is 0 Å². The number of carbonyl (C=O) groups is 2. The number of carboxylic acid groups (broad SMARTS) is 1. The number of carboxylic acids is 1. The largest absolute Gasteiger partial charge is 0.481 e. The van der Waals surface area contributed by atoms with Gasteiger partial charge in [-0.1, -0.05) is 34.6 Å². The van der Waals surface area contributed by atoms with Crippen LogP contribution in [0, 0.1) is 17.8 Å². The van der Waals surface area contributed by atoms with Crippen LogP contribution in [-0.4, -0.2) is 35.0 Å². The second-order valence-electron chi connectivity index (χ2n) is 5.36. The first-order valence-electron chi connectivity index (χ1n) is 6.27. The number of amides is 1. The molecular weight excluding hydrogens is 218 g/mol. The Labute approximate surface area is 104 Å². The van der Waals surface area contributed by atoms with Gasteiger partial charge < -0.3 is 10.0 Å². The number of hydrogen-bond donors (Lipinski definition) is 1. The fraction of sp³-hybridized carbons (Fsp3) is 0.846. The first-order valence-corrected chi connectivity index (χ1v) is 6.27. The molecule has 0 saturated heterocycles. The van der Waals surface area contributed by atoms with Crippen molar-refractivity contribution in [2.24, 2.45) is 17.8 Å². The van der Waals surface area contributed by atoms with Gasteiger partial charge in [-0.25, -0.2) is 0 Å². The third kappa shape index (κ3) is 6.29. The Morgan fingerprint density at radius 2 is 1.65 bits per heavy atom. The molecule has 1 atom stereocenters. The molecule has 1 unspecified atom stereocenters. The maximum Gasteiger partial charge on any atom is 0.308 e. The Hall–Kier alpha value is -1.06. The van der Waals surface area contributed by atoms with Gasteiger partial charge >= 0.3 is 5.97 Å². The van der Waals surface area contributed by atoms with Crippen LogP contribution in [0.5, 0.6) is 0 Å². The zero-order valence-electron chi connectivity index (χ0n) is 11.6. The molecule has 0 aliphatic rings. The lowest BCUT2D eigenvalue weighted by molar-refractivity contribution is -0.143. The first kappa shape index (κ1) is 15.9. The quantitative estimate of drug-likeness (QED) is 0.746. The van der Waals surface area contributed by atoms with Gasteiger partial charge in [0.05, 0.1) is 5.92 Å². The molecule has 0 rings (SSSR count). The van der Waals surface area contributed by atoms with Crippen molar-refractivity contribution in [3.63, 3.8) is 0 Å². The molecule has 0 aliphatic carbocycles. The molecule has 0 heterocycles. The second-order valence-corrected chi connectivity index (χ2v) is 5.36. The van der Waals surface area contributed by atoms with E-state index in [9.17, 15) is 9.59 Å². The van der Waals surface area contributed by atoms with Crippen LogP contribution >= 0.6 is 0 Å². The van der Waals surface area contributed by atoms with Crippen LogP contribution in [0.3, 0.4) is 0 Å². The van der Waals surface area contributed by atoms with Crippen LogP contribution in [-0.2, 0) is 9.59 Å². The molecule has 0 aromatic heterocycles. The van der Waals surface area contributed by atoms with Crippen LogP contribution in [0.2, 0.25) is 0 Å². The number of aliphatic carboxylic acids is 1. The minimum absolute atomic E-state index is 0.0405. The molecule has 4 heteroatoms. The second kappa shape index (κ2) is 7.30. The Bertz CT molecular complexity index is 261. The van der Waals surface area contributed by atoms with Crippen molar-refractivity contribution in [2.45, 2.75) is 41.0 Å². The zero-order chi connectivity index (χ0) is 13.6. The van der Waals surface area contributed by atoms with E-state index in [-0.39, 0.29) is 11.8 Å². The van der Waals surface area contributed by atoms with E-state index in [4.69, 9.17) is 5.11 Å². The van der Waals surface area contributed by atoms with Gasteiger partial charge in [-0.05, 0) is 12.3 Å². The van der Waals surface area contributed by atoms with Crippen LogP contribution in [0.15, 0.2) is 0 Å². The van der Waals surface area contributed by atoms with Gasteiger partial charge in [-0.15, -0.1) is 0 Å². The van der Waals surface area contributed by atoms with Crippen LogP contribution in [0.4, 0.5) is 0 Å². The van der Waals surface area contributed by atoms with Crippen molar-refractivity contribution < 1.29 is 14.7 Å². The standard InChI is InChI=1S/C13H25NO3/c1-9(2)6-7-14(12(15)10(3)4)8-11(5)13(16)17/h9-11H,6-8H2,1-5H3,(H,16,17). The van der Waals surface area contributed by atoms with Gasteiger partial charge in [0.25, 0.3) is 0 Å². The van der Waals surface area contributed by atoms with E-state index in [1.165, 1.54) is 0 Å². The van der Waals surface area contributed by atoms with E-state index in [0.717, 1.165) is 6.42 Å². The lowest BCUT2D eigenvalue weighted by Gasteiger charge is -2.27. The number of nitrogens with zero attached hydrogens (tertiary/aromatic N) is 1. The first-order chi connectivity index (χ1) is 7.75. The summed E-state index contributed by atoms with van der Waals surface area (Å²) in [5.74, 6) is -0.888. The molecule has 0 bridgehead atoms. The summed E-state index contributed by atoms with van der Waals surface area (Å²) in [7, 11) is 0. The minimum Gasteiger partial charge on any atom is -0.481 e. The molecule has 0 aromatic carbocycles. The fourth-order valence-corrected chi connectivity index (χ4v) is 1.48. The molecular formula is C13H25NO3. The molecule has 4 nitrogen and oxygen atoms in total. The van der Waals surface area contributed by atoms with E-state index in [1.54, 1.807) is 11.8 Å². The Morgan fingerprint density at radius 3 is 2.00 bits per heavy atom. The molecule has 1 amide bonds. The summed E-state index contributed by atoms with van der Waals surface area (Å²) in [4.78, 5) is 24.5. The molecule has 0 aliphatic heterocycles. The van der Waals surface area contributed by atoms with Crippen molar-refractivity contribution in [1.82, 2.24) is 4.90 Å². The summed E-state index contributed by atoms with van der Waals surface area (Å²) in [6.07, 6.45) is 0.908. The summed E-state index contributed by atoms with van der Waals surface area (Å²) in [5, 5.41) is 8.89. The summed E-state index contributed by atoms with van der Waals surface area (Å²) >= 11 is 0. The van der Waals surface area contributed by atoms with Gasteiger partial charge in [-0.3, -0.25) is 9.59 Å². The summed E-state index contributed by atoms with van der Waals surface area (Å²) in [6, 6.07) is 0. The molecule has 0 radical (unpaired) electrons. The molecule has 100 valence electrons. The molecule has 1 N–H and O–H groups in total. The highest BCUT2D eigenvalue weighted by molar-refractivity contribution is 5.79. The lowest BCUT2D eigenvalue weighted by atomic mass is 10.1. The van der Waals surface area contributed by atoms with E-state index in [1.807, 2.05) is 13.8 Å². The van der Waals surface area contributed by atoms with Gasteiger partial charge in [0.2, 0.25) is 5.91 Å². The predicted octanol–water partition coefficient (Wildman–Crippen LogP) is 2.24. The van der Waals surface area contributed by atoms with E-state index >= 15 is 0 Å². The normalized spacial score (nSPS) is 12.9. The monoisotopic (exact) mass is 243 g/mol. The van der Waals surface area contributed by atoms with Gasteiger partial charge in [0.1, 0.15) is 0 Å². The molecule has 17 heavy (non-hydrogen) atoms. The molecule has 0 spiro atoms. The summed E-state index contributed by atoms with van der Waals surface area (Å²) < 4.78 is 0. The SMILES string of the molecule is CC(C)CCN(CC(C)C(=O)O)C(=O)C(C)C. The average Bonchev–Trinajstić information content (AvgIpc) is 2.22. The lowest BCUT2D eigenvalue weighted by Crippen LogP contribution is -2.40. The maximum atomic E-state index is 11.9. The Morgan fingerprint density at radius 1 is 1.12 bits per heavy atom. The summed E-state index contributed by atoms with van der Waals surface area (Å²) in [5.41, 5.74) is 0. The van der Waals surface area contributed by atoms with E-state index < -0.39 is 11.9 Å². The minimum atomic E-state index is -0.851. The van der Waals surface area contributed by atoms with Gasteiger partial charge in [-0.2, -0.15) is 0 Å². The fourth-order valence-electron chi connectivity index (χ4n) is 1.48. The topological polar surface area (TPSA) is 57.6 Å². The van der Waals surface area contributed by atoms with Crippen LogP contribution in [0.25, 0.3) is 0 Å². The predicted molar refractivity (Wildman–Crippen MR) is 67.7 cm³/mol. The van der Waals surface area contributed by atoms with Gasteiger partial charge in [0.15, 0.2) is 0 Å². The van der Waals surface area contributed by atoms with E-state index in [2.05, 4.69) is 13.8 Å². The molecule has 0 aromatic rings. The van der Waals surface area contributed by atoms with Crippen molar-refractivity contribution in [3.05, 3.63) is 0 Å². The van der Waals surface area contributed by atoms with E-state index in [0.29, 0.717) is 19.0 Å². The average molecular weight is 243 g/mol. The van der Waals surface area contributed by atoms with Crippen molar-refractivity contribution >= 4 is 11.9 Å². The summed E-state index contributed by atoms with van der Waals surface area (Å²) in [6.45, 7) is 10.5.